The number of aldehydes is 1. The molecule has 1 rings (SSSR count). The van der Waals surface area contributed by atoms with Crippen LogP contribution in [0.15, 0.2) is 0 Å². The fourth-order valence-corrected chi connectivity index (χ4v) is 4.19. The molecule has 1 heterocycles. The minimum atomic E-state index is 0.754. The molecule has 1 unspecified atom stereocenters. The van der Waals surface area contributed by atoms with Crippen molar-refractivity contribution in [2.24, 2.45) is 0 Å². The first kappa shape index (κ1) is 9.46. The van der Waals surface area contributed by atoms with Crippen molar-refractivity contribution in [3.05, 3.63) is 0 Å². The number of hydrogen-bond acceptors (Lipinski definition) is 3. The maximum atomic E-state index is 9.99. The molecule has 0 aromatic rings. The van der Waals surface area contributed by atoms with Gasteiger partial charge in [-0.05, 0) is 19.3 Å². The Balaban J connectivity index is 1.89. The minimum Gasteiger partial charge on any atom is -0.303 e. The van der Waals surface area contributed by atoms with E-state index in [1.54, 1.807) is 0 Å². The first-order chi connectivity index (χ1) is 5.43. The van der Waals surface area contributed by atoms with Crippen LogP contribution in [0.5, 0.6) is 0 Å². The Morgan fingerprint density at radius 2 is 2.36 bits per heavy atom. The smallest absolute Gasteiger partial charge is 0.119 e. The third-order valence-electron chi connectivity index (χ3n) is 1.83. The van der Waals surface area contributed by atoms with Gasteiger partial charge in [0.1, 0.15) is 6.29 Å². The predicted molar refractivity (Wildman–Crippen MR) is 53.0 cm³/mol. The zero-order chi connectivity index (χ0) is 7.94. The van der Waals surface area contributed by atoms with Crippen molar-refractivity contribution in [1.82, 2.24) is 0 Å². The maximum Gasteiger partial charge on any atom is 0.119 e. The standard InChI is InChI=1S/C8H14OS2/c9-6-3-1-2-4-8-5-7-10-11-8/h6,8H,1-5,7H2. The van der Waals surface area contributed by atoms with E-state index in [2.05, 4.69) is 0 Å². The van der Waals surface area contributed by atoms with Gasteiger partial charge in [0.25, 0.3) is 0 Å². The van der Waals surface area contributed by atoms with E-state index in [0.717, 1.165) is 24.4 Å². The molecule has 0 aromatic heterocycles. The Bertz CT molecular complexity index is 111. The molecule has 11 heavy (non-hydrogen) atoms. The van der Waals surface area contributed by atoms with E-state index in [9.17, 15) is 4.79 Å². The van der Waals surface area contributed by atoms with Crippen molar-refractivity contribution in [3.8, 4) is 0 Å². The summed E-state index contributed by atoms with van der Waals surface area (Å²) in [5.41, 5.74) is 0. The zero-order valence-electron chi connectivity index (χ0n) is 6.62. The van der Waals surface area contributed by atoms with Crippen LogP contribution in [0.2, 0.25) is 0 Å². The largest absolute Gasteiger partial charge is 0.303 e. The van der Waals surface area contributed by atoms with Gasteiger partial charge in [0.05, 0.1) is 0 Å². The van der Waals surface area contributed by atoms with E-state index in [4.69, 9.17) is 0 Å². The molecule has 0 aromatic carbocycles. The topological polar surface area (TPSA) is 17.1 Å². The highest BCUT2D eigenvalue weighted by Gasteiger charge is 2.15. The van der Waals surface area contributed by atoms with Crippen molar-refractivity contribution in [2.45, 2.75) is 37.4 Å². The fourth-order valence-electron chi connectivity index (χ4n) is 1.16. The Labute approximate surface area is 76.1 Å². The van der Waals surface area contributed by atoms with Crippen LogP contribution in [0, 0.1) is 0 Å². The lowest BCUT2D eigenvalue weighted by Gasteiger charge is -2.04. The van der Waals surface area contributed by atoms with Crippen LogP contribution in [0.1, 0.15) is 32.1 Å². The second kappa shape index (κ2) is 5.95. The number of unbranched alkanes of at least 4 members (excludes halogenated alkanes) is 2. The quantitative estimate of drug-likeness (QED) is 0.377. The van der Waals surface area contributed by atoms with Gasteiger partial charge in [-0.25, -0.2) is 0 Å². The van der Waals surface area contributed by atoms with Crippen molar-refractivity contribution in [1.29, 1.82) is 0 Å². The highest BCUT2D eigenvalue weighted by molar-refractivity contribution is 8.77. The summed E-state index contributed by atoms with van der Waals surface area (Å²) in [4.78, 5) is 9.99. The van der Waals surface area contributed by atoms with Gasteiger partial charge in [0, 0.05) is 17.4 Å². The normalized spacial score (nSPS) is 23.8. The van der Waals surface area contributed by atoms with E-state index in [1.807, 2.05) is 21.6 Å². The van der Waals surface area contributed by atoms with Crippen molar-refractivity contribution in [2.75, 3.05) is 5.75 Å². The second-order valence-corrected chi connectivity index (χ2v) is 5.57. The molecule has 0 saturated carbocycles. The summed E-state index contributed by atoms with van der Waals surface area (Å²) in [5, 5.41) is 0.881. The summed E-state index contributed by atoms with van der Waals surface area (Å²) in [6, 6.07) is 0. The van der Waals surface area contributed by atoms with Crippen molar-refractivity contribution < 1.29 is 4.79 Å². The van der Waals surface area contributed by atoms with E-state index in [-0.39, 0.29) is 0 Å². The Morgan fingerprint density at radius 3 is 3.00 bits per heavy atom. The third-order valence-corrected chi connectivity index (χ3v) is 4.83. The molecule has 0 N–H and O–H groups in total. The summed E-state index contributed by atoms with van der Waals surface area (Å²) in [6.07, 6.45) is 6.78. The van der Waals surface area contributed by atoms with Gasteiger partial charge in [-0.2, -0.15) is 0 Å². The van der Waals surface area contributed by atoms with Gasteiger partial charge in [-0.1, -0.05) is 28.0 Å². The van der Waals surface area contributed by atoms with Gasteiger partial charge < -0.3 is 4.79 Å². The van der Waals surface area contributed by atoms with Crippen LogP contribution in [0.4, 0.5) is 0 Å². The van der Waals surface area contributed by atoms with Crippen LogP contribution in [0.3, 0.4) is 0 Å². The first-order valence-corrected chi connectivity index (χ1v) is 6.53. The molecule has 1 aliphatic heterocycles. The molecular formula is C8H14OS2. The molecule has 1 atom stereocenters. The number of carbonyl (C=O) groups excluding carboxylic acids is 1. The van der Waals surface area contributed by atoms with Gasteiger partial charge in [-0.15, -0.1) is 0 Å². The van der Waals surface area contributed by atoms with Gasteiger partial charge >= 0.3 is 0 Å². The molecule has 1 saturated heterocycles. The Morgan fingerprint density at radius 1 is 1.45 bits per heavy atom. The second-order valence-electron chi connectivity index (χ2n) is 2.78. The van der Waals surface area contributed by atoms with Crippen LogP contribution >= 0.6 is 21.6 Å². The average Bonchev–Trinajstić information content (AvgIpc) is 2.50. The van der Waals surface area contributed by atoms with E-state index < -0.39 is 0 Å². The lowest BCUT2D eigenvalue weighted by molar-refractivity contribution is -0.107. The summed E-state index contributed by atoms with van der Waals surface area (Å²) in [6.45, 7) is 0. The summed E-state index contributed by atoms with van der Waals surface area (Å²) < 4.78 is 0. The number of hydrogen-bond donors (Lipinski definition) is 0. The SMILES string of the molecule is O=CCCCCC1CCSS1. The maximum absolute atomic E-state index is 9.99. The highest BCUT2D eigenvalue weighted by atomic mass is 33.1. The molecule has 64 valence electrons. The lowest BCUT2D eigenvalue weighted by Crippen LogP contribution is -1.96. The molecule has 3 heteroatoms. The average molecular weight is 190 g/mol. The molecule has 0 bridgehead atoms. The molecule has 0 aliphatic carbocycles. The van der Waals surface area contributed by atoms with Crippen molar-refractivity contribution in [3.63, 3.8) is 0 Å². The van der Waals surface area contributed by atoms with Gasteiger partial charge in [-0.3, -0.25) is 0 Å². The van der Waals surface area contributed by atoms with Crippen LogP contribution in [-0.2, 0) is 4.79 Å². The Kier molecular flexibility index (Phi) is 5.12. The summed E-state index contributed by atoms with van der Waals surface area (Å²) in [5.74, 6) is 1.32. The zero-order valence-corrected chi connectivity index (χ0v) is 8.26. The minimum absolute atomic E-state index is 0.754. The fraction of sp³-hybridized carbons (Fsp3) is 0.875. The van der Waals surface area contributed by atoms with E-state index in [0.29, 0.717) is 0 Å². The van der Waals surface area contributed by atoms with Crippen LogP contribution < -0.4 is 0 Å². The van der Waals surface area contributed by atoms with Crippen LogP contribution in [0.25, 0.3) is 0 Å². The van der Waals surface area contributed by atoms with E-state index in [1.165, 1.54) is 25.0 Å². The summed E-state index contributed by atoms with van der Waals surface area (Å²) in [7, 11) is 4.02. The predicted octanol–water partition coefficient (Wildman–Crippen LogP) is 2.90. The molecule has 0 spiro atoms. The molecule has 0 radical (unpaired) electrons. The summed E-state index contributed by atoms with van der Waals surface area (Å²) >= 11 is 0. The van der Waals surface area contributed by atoms with Crippen LogP contribution in [-0.4, -0.2) is 17.3 Å². The van der Waals surface area contributed by atoms with Gasteiger partial charge in [0.2, 0.25) is 0 Å². The number of rotatable bonds is 5. The van der Waals surface area contributed by atoms with Gasteiger partial charge in [0.15, 0.2) is 0 Å². The molecule has 0 amide bonds. The monoisotopic (exact) mass is 190 g/mol. The first-order valence-electron chi connectivity index (χ1n) is 4.15. The lowest BCUT2D eigenvalue weighted by atomic mass is 10.1. The van der Waals surface area contributed by atoms with E-state index >= 15 is 0 Å². The Hall–Kier alpha value is 0.370. The highest BCUT2D eigenvalue weighted by Crippen LogP contribution is 2.39. The third kappa shape index (κ3) is 4.06. The molecule has 1 aliphatic rings. The molecule has 1 nitrogen and oxygen atoms in total. The molecule has 1 fully saturated rings. The number of carbonyl (C=O) groups is 1. The molecular weight excluding hydrogens is 176 g/mol. The van der Waals surface area contributed by atoms with Crippen molar-refractivity contribution >= 4 is 27.9 Å².